The molecule has 2 aliphatic heterocycles. The second kappa shape index (κ2) is 10.6. The molecule has 210 valence electrons. The lowest BCUT2D eigenvalue weighted by atomic mass is 9.48. The number of ether oxygens (including phenoxy) is 1. The molecule has 1 spiro atoms. The Labute approximate surface area is 232 Å². The molecule has 5 aliphatic rings. The normalized spacial score (nSPS) is 30.0. The van der Waals surface area contributed by atoms with E-state index in [0.717, 1.165) is 48.2 Å². The minimum atomic E-state index is -1.11. The number of carbonyl (C=O) groups excluding carboxylic acids is 1. The molecule has 4 N–H and O–H groups in total. The Balaban J connectivity index is 0.000000361. The summed E-state index contributed by atoms with van der Waals surface area (Å²) in [4.78, 5) is 33.9. The number of rotatable bonds is 4. The minimum absolute atomic E-state index is 0.0572. The number of aliphatic hydroxyl groups is 1. The van der Waals surface area contributed by atoms with Crippen molar-refractivity contribution in [2.24, 2.45) is 5.92 Å². The number of likely N-dealkylation sites (tertiary alicyclic amines) is 1. The number of aromatic hydroxyl groups is 1. The molecule has 0 aromatic heterocycles. The molecule has 2 aromatic rings. The van der Waals surface area contributed by atoms with Gasteiger partial charge in [-0.15, -0.1) is 0 Å². The summed E-state index contributed by atoms with van der Waals surface area (Å²) in [6, 6.07) is 13.4. The van der Waals surface area contributed by atoms with Gasteiger partial charge in [-0.3, -0.25) is 14.5 Å². The van der Waals surface area contributed by atoms with Gasteiger partial charge in [-0.25, -0.2) is 4.79 Å². The van der Waals surface area contributed by atoms with E-state index in [0.29, 0.717) is 24.2 Å². The van der Waals surface area contributed by atoms with E-state index in [1.54, 1.807) is 6.07 Å². The zero-order chi connectivity index (χ0) is 28.7. The highest BCUT2D eigenvalue weighted by Gasteiger charge is 2.74. The third kappa shape index (κ3) is 4.39. The second-order valence-corrected chi connectivity index (χ2v) is 11.0. The number of nitrogens with zero attached hydrogens (tertiary/aromatic N) is 1. The molecule has 0 amide bonds. The first kappa shape index (κ1) is 27.6. The standard InChI is InChI=1S/C27H27NO4.C3H4O2.CH2O2/c29-20-9-8-18-13-21-27(31)14-19(12-16-4-2-1-3-5-16)23(30)25-26(27,22(18)24(20)32-25)10-11-28(21)15-17-6-7-17;1-2-3(4)5;2-1-3/h1-5,8-9,12,17,21,25,29,31H,6-7,10-11,13-15H2;2H,1H2,(H,4,5);1H,(H,2,3)/t21?,25-,26+,27-;;/m0../s1. The smallest absolute Gasteiger partial charge is 0.327 e. The van der Waals surface area contributed by atoms with Crippen LogP contribution < -0.4 is 4.74 Å². The van der Waals surface area contributed by atoms with Crippen LogP contribution in [0.3, 0.4) is 0 Å². The van der Waals surface area contributed by atoms with Crippen molar-refractivity contribution in [3.05, 3.63) is 77.4 Å². The van der Waals surface area contributed by atoms with E-state index in [1.807, 2.05) is 42.5 Å². The Kier molecular flexibility index (Phi) is 7.29. The van der Waals surface area contributed by atoms with Gasteiger partial charge in [0.25, 0.3) is 6.47 Å². The van der Waals surface area contributed by atoms with Crippen LogP contribution in [0.25, 0.3) is 6.08 Å². The summed E-state index contributed by atoms with van der Waals surface area (Å²) in [5.41, 5.74) is 1.67. The molecule has 0 radical (unpaired) electrons. The number of hydrogen-bond donors (Lipinski definition) is 4. The van der Waals surface area contributed by atoms with Gasteiger partial charge in [0, 0.05) is 36.2 Å². The third-order valence-electron chi connectivity index (χ3n) is 8.84. The van der Waals surface area contributed by atoms with E-state index < -0.39 is 23.1 Å². The molecule has 40 heavy (non-hydrogen) atoms. The topological polar surface area (TPSA) is 145 Å². The van der Waals surface area contributed by atoms with E-state index >= 15 is 0 Å². The summed E-state index contributed by atoms with van der Waals surface area (Å²) in [6.07, 6.45) is 6.21. The number of Topliss-reactive ketones (excluding diaryl/α,β-unsaturated/α-hetero) is 1. The summed E-state index contributed by atoms with van der Waals surface area (Å²) in [6.45, 7) is 4.58. The van der Waals surface area contributed by atoms with Gasteiger partial charge in [-0.05, 0) is 61.4 Å². The van der Waals surface area contributed by atoms with E-state index in [4.69, 9.17) is 19.7 Å². The number of hydrogen-bond acceptors (Lipinski definition) is 7. The van der Waals surface area contributed by atoms with Crippen molar-refractivity contribution in [3.63, 3.8) is 0 Å². The van der Waals surface area contributed by atoms with Gasteiger partial charge in [0.15, 0.2) is 23.4 Å². The van der Waals surface area contributed by atoms with Crippen molar-refractivity contribution in [2.45, 2.75) is 55.3 Å². The first-order valence-corrected chi connectivity index (χ1v) is 13.4. The van der Waals surface area contributed by atoms with Crippen LogP contribution in [-0.2, 0) is 26.2 Å². The maximum absolute atomic E-state index is 13.8. The van der Waals surface area contributed by atoms with Crippen LogP contribution in [0.4, 0.5) is 0 Å². The molecule has 9 heteroatoms. The molecule has 2 aromatic carbocycles. The fraction of sp³-hybridized carbons (Fsp3) is 0.387. The Hall–Kier alpha value is -3.95. The number of aliphatic carboxylic acids is 1. The first-order chi connectivity index (χ1) is 19.2. The number of carbonyl (C=O) groups is 3. The average Bonchev–Trinajstić information content (AvgIpc) is 3.68. The molecular weight excluding hydrogens is 514 g/mol. The van der Waals surface area contributed by atoms with Gasteiger partial charge in [0.2, 0.25) is 0 Å². The van der Waals surface area contributed by atoms with Crippen LogP contribution in [0.1, 0.15) is 42.4 Å². The highest BCUT2D eigenvalue weighted by Crippen LogP contribution is 2.65. The maximum Gasteiger partial charge on any atom is 0.327 e. The monoisotopic (exact) mass is 547 g/mol. The Morgan fingerprint density at radius 1 is 1.18 bits per heavy atom. The van der Waals surface area contributed by atoms with Gasteiger partial charge < -0.3 is 25.2 Å². The van der Waals surface area contributed by atoms with E-state index in [9.17, 15) is 19.8 Å². The van der Waals surface area contributed by atoms with E-state index in [1.165, 1.54) is 12.8 Å². The predicted molar refractivity (Wildman–Crippen MR) is 146 cm³/mol. The lowest BCUT2D eigenvalue weighted by Gasteiger charge is -2.62. The number of phenolic OH excluding ortho intramolecular Hbond substituents is 1. The van der Waals surface area contributed by atoms with Crippen molar-refractivity contribution in [1.82, 2.24) is 4.90 Å². The molecular formula is C31H33NO8. The molecule has 1 saturated heterocycles. The third-order valence-corrected chi connectivity index (χ3v) is 8.84. The van der Waals surface area contributed by atoms with Crippen LogP contribution in [0.5, 0.6) is 11.5 Å². The highest BCUT2D eigenvalue weighted by atomic mass is 16.5. The Morgan fingerprint density at radius 3 is 2.48 bits per heavy atom. The highest BCUT2D eigenvalue weighted by molar-refractivity contribution is 6.06. The van der Waals surface area contributed by atoms with Crippen LogP contribution in [-0.4, -0.2) is 74.4 Å². The van der Waals surface area contributed by atoms with Gasteiger partial charge in [-0.2, -0.15) is 0 Å². The summed E-state index contributed by atoms with van der Waals surface area (Å²) in [5.74, 6) is 0.162. The fourth-order valence-corrected chi connectivity index (χ4v) is 7.06. The van der Waals surface area contributed by atoms with Crippen LogP contribution in [0, 0.1) is 5.92 Å². The molecule has 7 rings (SSSR count). The molecule has 9 nitrogen and oxygen atoms in total. The van der Waals surface area contributed by atoms with Crippen molar-refractivity contribution < 1.29 is 39.5 Å². The molecule has 1 unspecified atom stereocenters. The molecule has 4 atom stereocenters. The number of benzene rings is 2. The lowest BCUT2D eigenvalue weighted by Crippen LogP contribution is -2.77. The van der Waals surface area contributed by atoms with Crippen molar-refractivity contribution in [3.8, 4) is 11.5 Å². The maximum atomic E-state index is 13.8. The van der Waals surface area contributed by atoms with Gasteiger partial charge in [0.05, 0.1) is 11.0 Å². The Morgan fingerprint density at radius 2 is 1.85 bits per heavy atom. The number of carboxylic acid groups (broad SMARTS) is 2. The second-order valence-electron chi connectivity index (χ2n) is 11.0. The molecule has 3 aliphatic carbocycles. The zero-order valence-electron chi connectivity index (χ0n) is 22.0. The van der Waals surface area contributed by atoms with Crippen LogP contribution in [0.2, 0.25) is 0 Å². The zero-order valence-corrected chi connectivity index (χ0v) is 22.0. The summed E-state index contributed by atoms with van der Waals surface area (Å²) in [5, 5.41) is 37.7. The molecule has 2 saturated carbocycles. The summed E-state index contributed by atoms with van der Waals surface area (Å²) < 4.78 is 6.26. The number of carboxylic acids is 1. The lowest BCUT2D eigenvalue weighted by molar-refractivity contribution is -0.179. The minimum Gasteiger partial charge on any atom is -0.504 e. The van der Waals surface area contributed by atoms with Crippen molar-refractivity contribution in [2.75, 3.05) is 13.1 Å². The summed E-state index contributed by atoms with van der Waals surface area (Å²) in [7, 11) is 0. The summed E-state index contributed by atoms with van der Waals surface area (Å²) >= 11 is 0. The first-order valence-electron chi connectivity index (χ1n) is 13.4. The van der Waals surface area contributed by atoms with E-state index in [-0.39, 0.29) is 24.0 Å². The van der Waals surface area contributed by atoms with Crippen molar-refractivity contribution in [1.29, 1.82) is 0 Å². The average molecular weight is 548 g/mol. The molecule has 3 fully saturated rings. The molecule has 2 heterocycles. The predicted octanol–water partition coefficient (Wildman–Crippen LogP) is 3.18. The van der Waals surface area contributed by atoms with Crippen molar-refractivity contribution >= 4 is 24.3 Å². The largest absolute Gasteiger partial charge is 0.504 e. The number of ketones is 1. The van der Waals surface area contributed by atoms with Gasteiger partial charge in [-0.1, -0.05) is 43.0 Å². The molecule has 2 bridgehead atoms. The fourth-order valence-electron chi connectivity index (χ4n) is 7.06. The van der Waals surface area contributed by atoms with Crippen LogP contribution in [0.15, 0.2) is 60.7 Å². The van der Waals surface area contributed by atoms with E-state index in [2.05, 4.69) is 11.5 Å². The van der Waals surface area contributed by atoms with Gasteiger partial charge >= 0.3 is 5.97 Å². The van der Waals surface area contributed by atoms with Crippen LogP contribution >= 0.6 is 0 Å². The quantitative estimate of drug-likeness (QED) is 0.335. The number of piperidine rings is 1. The number of phenols is 1. The Bertz CT molecular complexity index is 1370. The van der Waals surface area contributed by atoms with Gasteiger partial charge in [0.1, 0.15) is 0 Å². The SMILES string of the molecule is C=CC(=O)O.O=C1C(=Cc2ccccc2)C[C@]2(O)C3Cc4ccc(O)c5c4[C@]2(CCN3CC2CC2)[C@H]1O5.O=CO.